The van der Waals surface area contributed by atoms with Gasteiger partial charge in [0, 0.05) is 45.0 Å². The number of carbonyl (C=O) groups excluding carboxylic acids is 1. The SMILES string of the molecule is Cc1ccc(-n2c(Cc3ccccc3)nnc2SCC(=O)N2CCN(c3ncccn3)CC2)c(C)c1. The molecule has 0 saturated carbocycles. The fourth-order valence-electron chi connectivity index (χ4n) is 4.41. The van der Waals surface area contributed by atoms with Crippen LogP contribution >= 0.6 is 11.8 Å². The third-order valence-corrected chi connectivity index (χ3v) is 7.20. The molecule has 9 heteroatoms. The fraction of sp³-hybridized carbons (Fsp3) is 0.296. The standard InChI is InChI=1S/C27H29N7OS/c1-20-9-10-23(21(2)17-20)34-24(18-22-7-4-3-5-8-22)30-31-27(34)36-19-25(35)32-13-15-33(16-14-32)26-28-11-6-12-29-26/h3-12,17H,13-16,18-19H2,1-2H3. The lowest BCUT2D eigenvalue weighted by atomic mass is 10.1. The maximum Gasteiger partial charge on any atom is 0.233 e. The molecular weight excluding hydrogens is 470 g/mol. The Morgan fingerprint density at radius 3 is 2.39 bits per heavy atom. The average Bonchev–Trinajstić information content (AvgIpc) is 3.30. The highest BCUT2D eigenvalue weighted by atomic mass is 32.2. The molecule has 8 nitrogen and oxygen atoms in total. The van der Waals surface area contributed by atoms with Crippen LogP contribution in [0.4, 0.5) is 5.95 Å². The first-order chi connectivity index (χ1) is 17.6. The Balaban J connectivity index is 1.30. The van der Waals surface area contributed by atoms with E-state index in [4.69, 9.17) is 0 Å². The van der Waals surface area contributed by atoms with Crippen LogP contribution in [-0.2, 0) is 11.2 Å². The Kier molecular flexibility index (Phi) is 7.27. The second-order valence-electron chi connectivity index (χ2n) is 8.89. The van der Waals surface area contributed by atoms with Gasteiger partial charge < -0.3 is 9.80 Å². The van der Waals surface area contributed by atoms with E-state index in [0.29, 0.717) is 31.2 Å². The molecule has 0 radical (unpaired) electrons. The van der Waals surface area contributed by atoms with Gasteiger partial charge in [-0.15, -0.1) is 10.2 Å². The van der Waals surface area contributed by atoms with Crippen molar-refractivity contribution in [3.05, 3.63) is 89.5 Å². The van der Waals surface area contributed by atoms with E-state index in [-0.39, 0.29) is 5.91 Å². The van der Waals surface area contributed by atoms with Crippen LogP contribution in [0.15, 0.2) is 72.1 Å². The summed E-state index contributed by atoms with van der Waals surface area (Å²) in [6, 6.07) is 18.5. The summed E-state index contributed by atoms with van der Waals surface area (Å²) < 4.78 is 2.10. The summed E-state index contributed by atoms with van der Waals surface area (Å²) in [6.45, 7) is 6.94. The van der Waals surface area contributed by atoms with Gasteiger partial charge in [0.25, 0.3) is 0 Å². The highest BCUT2D eigenvalue weighted by Crippen LogP contribution is 2.26. The minimum absolute atomic E-state index is 0.105. The molecule has 36 heavy (non-hydrogen) atoms. The lowest BCUT2D eigenvalue weighted by molar-refractivity contribution is -0.128. The van der Waals surface area contributed by atoms with Crippen LogP contribution in [0.5, 0.6) is 0 Å². The van der Waals surface area contributed by atoms with Crippen molar-refractivity contribution in [3.8, 4) is 5.69 Å². The summed E-state index contributed by atoms with van der Waals surface area (Å²) >= 11 is 1.44. The molecule has 0 aliphatic carbocycles. The lowest BCUT2D eigenvalue weighted by Gasteiger charge is -2.34. The van der Waals surface area contributed by atoms with Crippen LogP contribution in [0.2, 0.25) is 0 Å². The second-order valence-corrected chi connectivity index (χ2v) is 9.83. The molecule has 184 valence electrons. The van der Waals surface area contributed by atoms with Crippen LogP contribution in [0, 0.1) is 13.8 Å². The monoisotopic (exact) mass is 499 g/mol. The minimum Gasteiger partial charge on any atom is -0.338 e. The molecule has 1 aliphatic rings. The molecule has 0 atom stereocenters. The first-order valence-electron chi connectivity index (χ1n) is 12.1. The van der Waals surface area contributed by atoms with E-state index in [0.717, 1.165) is 35.3 Å². The van der Waals surface area contributed by atoms with E-state index in [1.165, 1.54) is 22.9 Å². The fourth-order valence-corrected chi connectivity index (χ4v) is 5.28. The smallest absolute Gasteiger partial charge is 0.233 e. The third kappa shape index (κ3) is 5.41. The van der Waals surface area contributed by atoms with E-state index in [1.807, 2.05) is 29.2 Å². The second kappa shape index (κ2) is 10.9. The molecular formula is C27H29N7OS. The van der Waals surface area contributed by atoms with E-state index in [1.54, 1.807) is 12.4 Å². The van der Waals surface area contributed by atoms with Crippen LogP contribution in [0.3, 0.4) is 0 Å². The van der Waals surface area contributed by atoms with Gasteiger partial charge in [0.2, 0.25) is 11.9 Å². The first-order valence-corrected chi connectivity index (χ1v) is 13.1. The zero-order valence-corrected chi connectivity index (χ0v) is 21.4. The van der Waals surface area contributed by atoms with Gasteiger partial charge in [-0.1, -0.05) is 59.8 Å². The molecule has 5 rings (SSSR count). The van der Waals surface area contributed by atoms with Gasteiger partial charge in [0.05, 0.1) is 11.4 Å². The number of carbonyl (C=O) groups is 1. The Morgan fingerprint density at radius 1 is 0.917 bits per heavy atom. The van der Waals surface area contributed by atoms with Crippen molar-refractivity contribution in [2.24, 2.45) is 0 Å². The van der Waals surface area contributed by atoms with E-state index >= 15 is 0 Å². The highest BCUT2D eigenvalue weighted by molar-refractivity contribution is 7.99. The number of amides is 1. The molecule has 1 saturated heterocycles. The van der Waals surface area contributed by atoms with Crippen LogP contribution in [0.25, 0.3) is 5.69 Å². The normalized spacial score (nSPS) is 13.7. The van der Waals surface area contributed by atoms with Crippen LogP contribution in [0.1, 0.15) is 22.5 Å². The van der Waals surface area contributed by atoms with Crippen LogP contribution in [-0.4, -0.2) is 67.5 Å². The highest BCUT2D eigenvalue weighted by Gasteiger charge is 2.24. The number of aromatic nitrogens is 5. The molecule has 0 unspecified atom stereocenters. The van der Waals surface area contributed by atoms with Crippen LogP contribution < -0.4 is 4.90 Å². The molecule has 4 aromatic rings. The van der Waals surface area contributed by atoms with Crippen molar-refractivity contribution >= 4 is 23.6 Å². The Bertz CT molecular complexity index is 1320. The topological polar surface area (TPSA) is 80.0 Å². The third-order valence-electron chi connectivity index (χ3n) is 6.29. The largest absolute Gasteiger partial charge is 0.338 e. The number of piperazine rings is 1. The summed E-state index contributed by atoms with van der Waals surface area (Å²) in [5.41, 5.74) is 4.57. The Morgan fingerprint density at radius 2 is 1.67 bits per heavy atom. The number of hydrogen-bond donors (Lipinski definition) is 0. The predicted molar refractivity (Wildman–Crippen MR) is 142 cm³/mol. The van der Waals surface area contributed by atoms with Crippen molar-refractivity contribution in [2.45, 2.75) is 25.4 Å². The lowest BCUT2D eigenvalue weighted by Crippen LogP contribution is -2.49. The van der Waals surface area contributed by atoms with Gasteiger partial charge in [0.1, 0.15) is 5.82 Å². The number of thioether (sulfide) groups is 1. The molecule has 3 heterocycles. The molecule has 0 bridgehead atoms. The van der Waals surface area contributed by atoms with Crippen molar-refractivity contribution in [1.82, 2.24) is 29.6 Å². The van der Waals surface area contributed by atoms with Gasteiger partial charge in [-0.2, -0.15) is 0 Å². The van der Waals surface area contributed by atoms with Crippen molar-refractivity contribution < 1.29 is 4.79 Å². The molecule has 0 N–H and O–H groups in total. The van der Waals surface area contributed by atoms with Crippen molar-refractivity contribution in [1.29, 1.82) is 0 Å². The maximum absolute atomic E-state index is 13.1. The summed E-state index contributed by atoms with van der Waals surface area (Å²) in [5, 5.41) is 9.77. The van der Waals surface area contributed by atoms with Gasteiger partial charge in [-0.05, 0) is 37.1 Å². The quantitative estimate of drug-likeness (QED) is 0.359. The number of nitrogens with zero attached hydrogens (tertiary/aromatic N) is 7. The predicted octanol–water partition coefficient (Wildman–Crippen LogP) is 3.71. The number of hydrogen-bond acceptors (Lipinski definition) is 7. The van der Waals surface area contributed by atoms with Gasteiger partial charge >= 0.3 is 0 Å². The number of rotatable bonds is 7. The Hall–Kier alpha value is -3.72. The minimum atomic E-state index is 0.105. The van der Waals surface area contributed by atoms with E-state index in [2.05, 4.69) is 73.8 Å². The summed E-state index contributed by atoms with van der Waals surface area (Å²) in [5.74, 6) is 2.00. The van der Waals surface area contributed by atoms with Gasteiger partial charge in [-0.25, -0.2) is 9.97 Å². The molecule has 1 amide bonds. The number of aryl methyl sites for hydroxylation is 2. The molecule has 2 aromatic heterocycles. The van der Waals surface area contributed by atoms with E-state index < -0.39 is 0 Å². The molecule has 0 spiro atoms. The van der Waals surface area contributed by atoms with E-state index in [9.17, 15) is 4.79 Å². The van der Waals surface area contributed by atoms with Gasteiger partial charge in [0.15, 0.2) is 5.16 Å². The Labute approximate surface area is 215 Å². The number of benzene rings is 2. The summed E-state index contributed by atoms with van der Waals surface area (Å²) in [7, 11) is 0. The zero-order chi connectivity index (χ0) is 24.9. The first kappa shape index (κ1) is 24.0. The molecule has 1 fully saturated rings. The maximum atomic E-state index is 13.1. The average molecular weight is 500 g/mol. The zero-order valence-electron chi connectivity index (χ0n) is 20.5. The summed E-state index contributed by atoms with van der Waals surface area (Å²) in [4.78, 5) is 25.7. The van der Waals surface area contributed by atoms with Crippen molar-refractivity contribution in [3.63, 3.8) is 0 Å². The number of anilines is 1. The molecule has 1 aliphatic heterocycles. The summed E-state index contributed by atoms with van der Waals surface area (Å²) in [6.07, 6.45) is 4.15. The molecule has 2 aromatic carbocycles. The van der Waals surface area contributed by atoms with Gasteiger partial charge in [-0.3, -0.25) is 9.36 Å². The van der Waals surface area contributed by atoms with Crippen molar-refractivity contribution in [2.75, 3.05) is 36.8 Å².